The van der Waals surface area contributed by atoms with Crippen LogP contribution >= 0.6 is 0 Å². The molecule has 0 aromatic rings. The number of carbonyl (C=O) groups excluding carboxylic acids is 2. The zero-order chi connectivity index (χ0) is 70.8. The molecule has 0 radical (unpaired) electrons. The number of rotatable bonds is 34. The Kier molecular flexibility index (Phi) is 54.5. The molecule has 550 valence electrons. The zero-order valence-corrected chi connectivity index (χ0v) is 80.8. The van der Waals surface area contributed by atoms with E-state index in [-0.39, 0.29) is 266 Å². The third-order valence-electron chi connectivity index (χ3n) is 14.1. The van der Waals surface area contributed by atoms with E-state index < -0.39 is 264 Å². The first-order valence-corrected chi connectivity index (χ1v) is 34.6. The molecule has 6 rings (SSSR count). The summed E-state index contributed by atoms with van der Waals surface area (Å²) in [6.07, 6.45) is -58.5. The molecule has 0 spiro atoms. The van der Waals surface area contributed by atoms with Crippen LogP contribution in [0.4, 0.5) is 0 Å². The number of carbonyl (C=O) groups is 2. The van der Waals surface area contributed by atoms with Crippen LogP contribution in [0.5, 0.6) is 0 Å². The molecule has 0 aromatic carbocycles. The topological polar surface area (TPSA) is 702 Å². The van der Waals surface area contributed by atoms with Gasteiger partial charge in [0.05, 0.1) is 38.4 Å². The minimum Gasteiger partial charge on any atom is -0.726 e. The van der Waals surface area contributed by atoms with Crippen molar-refractivity contribution in [2.45, 2.75) is 153 Å². The third kappa shape index (κ3) is 32.8. The van der Waals surface area contributed by atoms with Gasteiger partial charge in [0.1, 0.15) is 104 Å². The largest absolute Gasteiger partial charge is 1.00 e. The Balaban J connectivity index is -0.00000544. The molecule has 49 nitrogen and oxygen atoms in total. The van der Waals surface area contributed by atoms with Gasteiger partial charge in [-0.05, 0) is 0 Å². The number of methoxy groups -OCH3 is 7. The summed E-state index contributed by atoms with van der Waals surface area (Å²) < 4.78 is 378. The molecule has 0 aromatic heterocycles. The molecule has 0 amide bonds. The van der Waals surface area contributed by atoms with Crippen molar-refractivity contribution in [2.24, 2.45) is 0 Å². The molecule has 65 heteroatoms. The van der Waals surface area contributed by atoms with Crippen molar-refractivity contribution in [3.05, 3.63) is 0 Å². The maximum absolute atomic E-state index is 13.5. The SMILES string of the molecule is CO[C@H]1O[C@@H](COS(=O)(=O)[O-])[C@H](O[C@H]2O[C@@]3(C(=O)[O-])CO[C@@H]([C@@H]2OC)[C@H]3O[C@@H]2O[C@@H](COS(=O)(=O)[O-])[C@H](O[C@H]3O[C@@H](C(=O)[O-])[C@H](O[C@@H]4O[C@@H](COS(=O)(=O)[O-])[C@H](OC)[C@@H](OC)[C@@H]4OC)[C@@H](OC)[C@@H]3OC)[C@@H](OS(=O)(=O)[O-])[C@@H]2OS(=O)(=O)[O-])[C@@H](OS(=O)(=O)[O-])[C@@H]1OS(=O)(=O)[O-].[Na+].[Na+].[Na+].[Na+].[Na+].[Na+].[Na+].[Na+].[Na+]. The van der Waals surface area contributed by atoms with Crippen LogP contribution in [-0.2, 0) is 192 Å². The molecule has 103 heavy (non-hydrogen) atoms. The van der Waals surface area contributed by atoms with Crippen LogP contribution in [0.1, 0.15) is 0 Å². The summed E-state index contributed by atoms with van der Waals surface area (Å²) in [7, 11) is -36.5. The minimum atomic E-state index is -6.51. The summed E-state index contributed by atoms with van der Waals surface area (Å²) in [6, 6.07) is 0. The van der Waals surface area contributed by atoms with Gasteiger partial charge in [0.25, 0.3) is 0 Å². The van der Waals surface area contributed by atoms with E-state index >= 15 is 0 Å². The Morgan fingerprint density at radius 1 is 0.350 bits per heavy atom. The number of hydrogen-bond donors (Lipinski definition) is 0. The standard InChI is InChI=1S/C38H62O49S7.9Na/c1-64-15-12(8-72-88(43,44)45)76-33(25(67-4)18(15)65-2)80-20-19(66-3)26(68-5)34(81-24(20)31(39)40)78-16-14(10-74-90(49,50)51)77-35(29(87-94(61,62)63)22(16)85-92(55,56)57)82-30-23-27(69-6)36(83-38(30,11-71-23)37(41)42)79-17-13(9-73-89(46,47)48)75-32(70-7)28(86-93(58,59)60)21(17)84-91(52,53)54;;;;;;;;;/h12-30,32-36H,8-11H2,1-7H3,(H,39,40)(H,41,42)(H,43,44,45)(H,46,47,48)(H,49,50,51)(H,52,53,54)(H,55,56,57)(H,58,59,60)(H,61,62,63);;;;;;;;;/q;9*+1/p-9/t12-,13-,14-,15-,16-,17-,18+,19+,20+,21+,22+,23-,24+,25-,26-,27-,28-,29-,30+,32-,33-,34-,35-,36-,38-;;;;;;;;;/m0........./s1. The quantitative estimate of drug-likeness (QED) is 0.0328. The van der Waals surface area contributed by atoms with Crippen LogP contribution in [0.2, 0.25) is 0 Å². The predicted molar refractivity (Wildman–Crippen MR) is 259 cm³/mol. The van der Waals surface area contributed by atoms with Crippen molar-refractivity contribution in [1.29, 1.82) is 0 Å². The first kappa shape index (κ1) is 116. The first-order valence-electron chi connectivity index (χ1n) is 25.3. The molecule has 0 saturated carbocycles. The van der Waals surface area contributed by atoms with E-state index in [1.54, 1.807) is 0 Å². The third-order valence-corrected chi connectivity index (χ3v) is 17.2. The van der Waals surface area contributed by atoms with Crippen LogP contribution < -0.4 is 276 Å². The van der Waals surface area contributed by atoms with Crippen LogP contribution in [0.25, 0.3) is 0 Å². The van der Waals surface area contributed by atoms with Gasteiger partial charge >= 0.3 is 266 Å². The van der Waals surface area contributed by atoms with E-state index in [1.165, 1.54) is 0 Å². The normalized spacial score (nSPS) is 35.5. The molecule has 0 N–H and O–H groups in total. The molecule has 6 aliphatic heterocycles. The Labute approximate surface area is 787 Å². The molecule has 0 aliphatic carbocycles. The van der Waals surface area contributed by atoms with Gasteiger partial charge in [-0.3, -0.25) is 29.3 Å². The van der Waals surface area contributed by atoms with Crippen LogP contribution in [0, 0.1) is 0 Å². The summed E-state index contributed by atoms with van der Waals surface area (Å²) in [5, 5.41) is 26.5. The fraction of sp³-hybridized carbons (Fsp3) is 0.947. The van der Waals surface area contributed by atoms with Crippen molar-refractivity contribution < 1.29 is 486 Å². The fourth-order valence-electron chi connectivity index (χ4n) is 10.6. The van der Waals surface area contributed by atoms with Gasteiger partial charge in [-0.2, -0.15) is 0 Å². The van der Waals surface area contributed by atoms with Crippen LogP contribution in [0.15, 0.2) is 0 Å². The number of aliphatic carboxylic acids is 2. The average molecular weight is 1730 g/mol. The van der Waals surface area contributed by atoms with Crippen molar-refractivity contribution in [3.63, 3.8) is 0 Å². The van der Waals surface area contributed by atoms with E-state index in [9.17, 15) is 111 Å². The second kappa shape index (κ2) is 48.6. The maximum atomic E-state index is 13.5. The molecule has 6 aliphatic rings. The second-order valence-corrected chi connectivity index (χ2v) is 26.8. The molecular weight excluding hydrogens is 1670 g/mol. The second-order valence-electron chi connectivity index (χ2n) is 19.6. The molecule has 6 saturated heterocycles. The smallest absolute Gasteiger partial charge is 0.726 e. The van der Waals surface area contributed by atoms with Gasteiger partial charge in [-0.25, -0.2) is 58.9 Å². The van der Waals surface area contributed by atoms with Crippen LogP contribution in [0.3, 0.4) is 0 Å². The van der Waals surface area contributed by atoms with Crippen molar-refractivity contribution >= 4 is 84.7 Å². The number of hydrogen-bond acceptors (Lipinski definition) is 49. The molecule has 0 unspecified atom stereocenters. The van der Waals surface area contributed by atoms with Crippen LogP contribution in [-0.4, -0.2) is 332 Å². The van der Waals surface area contributed by atoms with Gasteiger partial charge in [0.2, 0.25) is 72.8 Å². The van der Waals surface area contributed by atoms with Crippen molar-refractivity contribution in [2.75, 3.05) is 76.2 Å². The van der Waals surface area contributed by atoms with E-state index in [0.29, 0.717) is 14.2 Å². The maximum Gasteiger partial charge on any atom is 1.00 e. The monoisotopic (exact) mass is 1720 g/mol. The Bertz CT molecular complexity index is 3460. The number of carboxylic acid groups (broad SMARTS) is 2. The van der Waals surface area contributed by atoms with E-state index in [2.05, 4.69) is 29.3 Å². The molecule has 6 heterocycles. The molecule has 2 bridgehead atoms. The van der Waals surface area contributed by atoms with Crippen molar-refractivity contribution in [3.8, 4) is 0 Å². The number of carboxylic acids is 2. The van der Waals surface area contributed by atoms with Gasteiger partial charge in [-0.1, -0.05) is 0 Å². The Morgan fingerprint density at radius 3 is 1.00 bits per heavy atom. The Hall–Kier alpha value is 6.35. The van der Waals surface area contributed by atoms with E-state index in [1.807, 2.05) is 0 Å². The first-order chi connectivity index (χ1) is 43.2. The summed E-state index contributed by atoms with van der Waals surface area (Å²) in [5.74, 6) is -4.88. The minimum absolute atomic E-state index is 0. The molecular formula is C38H53Na9O49S7. The predicted octanol–water partition coefficient (Wildman–Crippen LogP) is -40.0. The van der Waals surface area contributed by atoms with Gasteiger partial charge in [-0.15, -0.1) is 0 Å². The van der Waals surface area contributed by atoms with E-state index in [4.69, 9.17) is 80.5 Å². The molecule has 6 fully saturated rings. The molecule has 25 atom stereocenters. The number of fused-ring (bicyclic) bond motifs is 2. The van der Waals surface area contributed by atoms with E-state index in [0.717, 1.165) is 35.5 Å². The van der Waals surface area contributed by atoms with Gasteiger partial charge < -0.3 is 132 Å². The number of ether oxygens (including phenoxy) is 17. The zero-order valence-electron chi connectivity index (χ0n) is 57.0. The summed E-state index contributed by atoms with van der Waals surface area (Å²) in [5.41, 5.74) is -3.49. The summed E-state index contributed by atoms with van der Waals surface area (Å²) in [6.45, 7) is -6.13. The summed E-state index contributed by atoms with van der Waals surface area (Å²) >= 11 is 0. The summed E-state index contributed by atoms with van der Waals surface area (Å²) in [4.78, 5) is 26.5. The Morgan fingerprint density at radius 2 is 0.660 bits per heavy atom. The van der Waals surface area contributed by atoms with Crippen molar-refractivity contribution in [1.82, 2.24) is 0 Å². The fourth-order valence-corrected chi connectivity index (χ4v) is 13.4. The van der Waals surface area contributed by atoms with Gasteiger partial charge in [0.15, 0.2) is 49.3 Å². The average Bonchev–Trinajstić information content (AvgIpc) is 1.62. The van der Waals surface area contributed by atoms with Gasteiger partial charge in [0, 0.05) is 49.8 Å².